The molecule has 0 saturated heterocycles. The predicted octanol–water partition coefficient (Wildman–Crippen LogP) is -1.79. The van der Waals surface area contributed by atoms with Crippen LogP contribution in [0.4, 0.5) is 0 Å². The van der Waals surface area contributed by atoms with Crippen LogP contribution in [0.25, 0.3) is 0 Å². The number of carboxylic acid groups (broad SMARTS) is 2. The zero-order valence-corrected chi connectivity index (χ0v) is 8.50. The van der Waals surface area contributed by atoms with Gasteiger partial charge in [0, 0.05) is 0 Å². The first-order valence-electron chi connectivity index (χ1n) is 2.97. The van der Waals surface area contributed by atoms with Gasteiger partial charge in [0.1, 0.15) is 0 Å². The Hall–Kier alpha value is -0.760. The minimum Gasteiger partial charge on any atom is -0.479 e. The lowest BCUT2D eigenvalue weighted by atomic mass is 10.4. The Kier molecular flexibility index (Phi) is 3.49. The van der Waals surface area contributed by atoms with Crippen molar-refractivity contribution in [3.05, 3.63) is 0 Å². The average Bonchev–Trinajstić information content (AvgIpc) is 1.75. The first-order chi connectivity index (χ1) is 6.39. The van der Waals surface area contributed by atoms with E-state index in [9.17, 15) is 18.7 Å². The van der Waals surface area contributed by atoms with Crippen molar-refractivity contribution in [3.8, 4) is 0 Å². The Balaban J connectivity index is 6.24. The second kappa shape index (κ2) is 3.67. The summed E-state index contributed by atoms with van der Waals surface area (Å²) in [7, 11) is -12.2. The van der Waals surface area contributed by atoms with Crippen LogP contribution in [0.5, 0.6) is 0 Å². The highest BCUT2D eigenvalue weighted by Gasteiger charge is 2.73. The molecule has 0 fully saturated rings. The van der Waals surface area contributed by atoms with Gasteiger partial charge >= 0.3 is 32.0 Å². The second-order valence-corrected chi connectivity index (χ2v) is 6.24. The van der Waals surface area contributed by atoms with Gasteiger partial charge in [-0.3, -0.25) is 9.13 Å². The molecule has 0 heterocycles. The molecular weight excluding hydrogens is 258 g/mol. The van der Waals surface area contributed by atoms with Crippen LogP contribution >= 0.6 is 15.2 Å². The van der Waals surface area contributed by atoms with E-state index in [2.05, 4.69) is 0 Å². The molecule has 0 aromatic rings. The van der Waals surface area contributed by atoms with Crippen LogP contribution in [-0.4, -0.2) is 46.6 Å². The van der Waals surface area contributed by atoms with Crippen LogP contribution in [0.15, 0.2) is 0 Å². The highest BCUT2D eigenvalue weighted by Crippen LogP contribution is 2.69. The molecule has 10 nitrogen and oxygen atoms in total. The Morgan fingerprint density at radius 1 is 0.800 bits per heavy atom. The van der Waals surface area contributed by atoms with Crippen LogP contribution in [0.2, 0.25) is 0 Å². The molecule has 0 aliphatic heterocycles. The van der Waals surface area contributed by atoms with E-state index < -0.39 is 32.0 Å². The molecule has 12 heteroatoms. The first-order valence-corrected chi connectivity index (χ1v) is 6.19. The summed E-state index contributed by atoms with van der Waals surface area (Å²) in [4.78, 5) is 50.2. The van der Waals surface area contributed by atoms with Crippen LogP contribution in [0.3, 0.4) is 0 Å². The van der Waals surface area contributed by atoms with Crippen molar-refractivity contribution >= 4 is 27.1 Å². The van der Waals surface area contributed by atoms with E-state index >= 15 is 0 Å². The Bertz CT molecular complexity index is 345. The smallest absolute Gasteiger partial charge is 0.366 e. The van der Waals surface area contributed by atoms with E-state index in [-0.39, 0.29) is 0 Å². The molecule has 0 amide bonds. The molecule has 0 spiro atoms. The van der Waals surface area contributed by atoms with Gasteiger partial charge in [0.05, 0.1) is 0 Å². The minimum atomic E-state index is -6.10. The molecule has 15 heavy (non-hydrogen) atoms. The third kappa shape index (κ3) is 1.96. The van der Waals surface area contributed by atoms with Crippen LogP contribution in [0, 0.1) is 0 Å². The molecule has 0 aliphatic rings. The monoisotopic (exact) mass is 264 g/mol. The molecule has 6 N–H and O–H groups in total. The van der Waals surface area contributed by atoms with E-state index in [0.29, 0.717) is 0 Å². The second-order valence-electron chi connectivity index (χ2n) is 2.37. The van der Waals surface area contributed by atoms with Crippen molar-refractivity contribution in [1.82, 2.24) is 0 Å². The van der Waals surface area contributed by atoms with Gasteiger partial charge in [-0.05, 0) is 0 Å². The molecule has 0 bridgehead atoms. The molecule has 0 rings (SSSR count). The Morgan fingerprint density at radius 3 is 1.00 bits per heavy atom. The molecule has 0 saturated carbocycles. The van der Waals surface area contributed by atoms with E-state index in [1.807, 2.05) is 0 Å². The van der Waals surface area contributed by atoms with Crippen molar-refractivity contribution in [2.24, 2.45) is 0 Å². The summed E-state index contributed by atoms with van der Waals surface area (Å²) in [5.41, 5.74) is 0. The summed E-state index contributed by atoms with van der Waals surface area (Å²) < 4.78 is 21.2. The Morgan fingerprint density at radius 2 is 1.00 bits per heavy atom. The zero-order chi connectivity index (χ0) is 12.7. The van der Waals surface area contributed by atoms with Gasteiger partial charge in [-0.2, -0.15) is 0 Å². The predicted molar refractivity (Wildman–Crippen MR) is 42.1 cm³/mol. The average molecular weight is 264 g/mol. The lowest BCUT2D eigenvalue weighted by Crippen LogP contribution is -2.45. The molecule has 0 atom stereocenters. The maximum atomic E-state index is 10.6. The van der Waals surface area contributed by atoms with Gasteiger partial charge in [0.25, 0.3) is 0 Å². The topological polar surface area (TPSA) is 190 Å². The largest absolute Gasteiger partial charge is 0.479 e. The number of rotatable bonds is 4. The van der Waals surface area contributed by atoms with Gasteiger partial charge in [0.15, 0.2) is 0 Å². The van der Waals surface area contributed by atoms with Gasteiger partial charge < -0.3 is 29.8 Å². The first kappa shape index (κ1) is 14.2. The van der Waals surface area contributed by atoms with Crippen molar-refractivity contribution in [2.45, 2.75) is 4.90 Å². The van der Waals surface area contributed by atoms with Gasteiger partial charge in [-0.25, -0.2) is 9.59 Å². The Labute approximate surface area is 81.5 Å². The number of hydrogen-bond donors (Lipinski definition) is 6. The summed E-state index contributed by atoms with van der Waals surface area (Å²) in [6, 6.07) is 0. The van der Waals surface area contributed by atoms with Gasteiger partial charge in [0.2, 0.25) is 0 Å². The normalized spacial score (nSPS) is 13.6. The summed E-state index contributed by atoms with van der Waals surface area (Å²) >= 11 is 0. The van der Waals surface area contributed by atoms with Gasteiger partial charge in [-0.1, -0.05) is 0 Å². The molecule has 0 radical (unpaired) electrons. The molecular formula is C3H6O10P2. The summed E-state index contributed by atoms with van der Waals surface area (Å²) in [6.07, 6.45) is 0. The molecule has 0 aromatic carbocycles. The van der Waals surface area contributed by atoms with Crippen molar-refractivity contribution in [3.63, 3.8) is 0 Å². The highest BCUT2D eigenvalue weighted by molar-refractivity contribution is 7.76. The number of carboxylic acids is 2. The fourth-order valence-corrected chi connectivity index (χ4v) is 3.11. The SMILES string of the molecule is O=C(O)C(C(=O)O)(P(=O)(O)O)P(=O)(O)O. The molecule has 0 unspecified atom stereocenters. The van der Waals surface area contributed by atoms with Gasteiger partial charge in [-0.15, -0.1) is 0 Å². The highest BCUT2D eigenvalue weighted by atomic mass is 31.2. The third-order valence-electron chi connectivity index (χ3n) is 1.44. The van der Waals surface area contributed by atoms with Crippen LogP contribution in [0.1, 0.15) is 0 Å². The molecule has 0 aromatic heterocycles. The maximum Gasteiger partial charge on any atom is 0.366 e. The molecule has 0 aliphatic carbocycles. The van der Waals surface area contributed by atoms with E-state index in [0.717, 1.165) is 0 Å². The summed E-state index contributed by atoms with van der Waals surface area (Å²) in [5.74, 6) is -5.62. The summed E-state index contributed by atoms with van der Waals surface area (Å²) in [6.45, 7) is 0. The van der Waals surface area contributed by atoms with Crippen molar-refractivity contribution < 1.29 is 48.5 Å². The number of aliphatic carboxylic acids is 2. The number of carbonyl (C=O) groups is 2. The maximum absolute atomic E-state index is 10.6. The molecule has 88 valence electrons. The minimum absolute atomic E-state index is 2.81. The third-order valence-corrected chi connectivity index (χ3v) is 5.45. The van der Waals surface area contributed by atoms with Crippen molar-refractivity contribution in [1.29, 1.82) is 0 Å². The van der Waals surface area contributed by atoms with Crippen LogP contribution < -0.4 is 0 Å². The quantitative estimate of drug-likeness (QED) is 0.249. The van der Waals surface area contributed by atoms with Crippen LogP contribution in [-0.2, 0) is 18.7 Å². The lowest BCUT2D eigenvalue weighted by Gasteiger charge is -2.25. The fraction of sp³-hybridized carbons (Fsp3) is 0.333. The zero-order valence-electron chi connectivity index (χ0n) is 6.71. The van der Waals surface area contributed by atoms with E-state index in [1.54, 1.807) is 0 Å². The van der Waals surface area contributed by atoms with E-state index in [1.165, 1.54) is 0 Å². The number of hydrogen-bond acceptors (Lipinski definition) is 4. The van der Waals surface area contributed by atoms with E-state index in [4.69, 9.17) is 29.8 Å². The lowest BCUT2D eigenvalue weighted by molar-refractivity contribution is -0.149. The van der Waals surface area contributed by atoms with Crippen molar-refractivity contribution in [2.75, 3.05) is 0 Å². The fourth-order valence-electron chi connectivity index (χ4n) is 0.760. The standard InChI is InChI=1S/C3H6O10P2/c4-1(5)3(2(6)7,14(8,9)10)15(11,12)13/h(H,4,5)(H,6,7)(H2,8,9,10)(H2,11,12,13). The summed E-state index contributed by atoms with van der Waals surface area (Å²) in [5, 5.41) is 16.6.